The van der Waals surface area contributed by atoms with Crippen LogP contribution in [0.5, 0.6) is 11.8 Å². The molecule has 1 unspecified atom stereocenters. The highest BCUT2D eigenvalue weighted by atomic mass is 31.2. The predicted molar refractivity (Wildman–Crippen MR) is 139 cm³/mol. The molecule has 0 aliphatic carbocycles. The van der Waals surface area contributed by atoms with Gasteiger partial charge in [0.15, 0.2) is 0 Å². The highest BCUT2D eigenvalue weighted by molar-refractivity contribution is 7.55. The minimum Gasteiger partial charge on any atom is -0.472 e. The van der Waals surface area contributed by atoms with E-state index in [1.807, 2.05) is 112 Å². The molecule has 1 atom stereocenters. The smallest absolute Gasteiger partial charge is 0.413 e. The average molecular weight is 489 g/mol. The zero-order valence-electron chi connectivity index (χ0n) is 20.0. The molecule has 1 heterocycles. The zero-order chi connectivity index (χ0) is 24.7. The lowest BCUT2D eigenvalue weighted by atomic mass is 10.0. The van der Waals surface area contributed by atoms with Gasteiger partial charge >= 0.3 is 7.60 Å². The first kappa shape index (κ1) is 24.5. The molecular formula is C28H29N2O4P. The van der Waals surface area contributed by atoms with Crippen LogP contribution in [0.15, 0.2) is 109 Å². The van der Waals surface area contributed by atoms with Gasteiger partial charge in [-0.1, -0.05) is 84.9 Å². The molecule has 35 heavy (non-hydrogen) atoms. The number of rotatable bonds is 9. The van der Waals surface area contributed by atoms with E-state index < -0.39 is 18.9 Å². The molecule has 0 fully saturated rings. The quantitative estimate of drug-likeness (QED) is 0.193. The first-order valence-electron chi connectivity index (χ1n) is 11.4. The van der Waals surface area contributed by atoms with E-state index in [0.29, 0.717) is 11.6 Å². The number of hydrogen-bond acceptors (Lipinski definition) is 6. The van der Waals surface area contributed by atoms with Gasteiger partial charge in [0.25, 0.3) is 0 Å². The summed E-state index contributed by atoms with van der Waals surface area (Å²) < 4.78 is 32.6. The molecule has 3 aromatic carbocycles. The second-order valence-electron chi connectivity index (χ2n) is 8.94. The number of nitrogens with one attached hydrogen (secondary N) is 1. The van der Waals surface area contributed by atoms with Crippen LogP contribution >= 0.6 is 7.60 Å². The maximum atomic E-state index is 14.7. The molecule has 4 aromatic rings. The molecule has 7 heteroatoms. The number of hydrogen-bond donors (Lipinski definition) is 1. The summed E-state index contributed by atoms with van der Waals surface area (Å²) in [4.78, 5) is 4.44. The molecule has 6 nitrogen and oxygen atoms in total. The van der Waals surface area contributed by atoms with Crippen molar-refractivity contribution >= 4 is 13.3 Å². The lowest BCUT2D eigenvalue weighted by Crippen LogP contribution is -2.23. The molecular weight excluding hydrogens is 459 g/mol. The summed E-state index contributed by atoms with van der Waals surface area (Å²) >= 11 is 0. The van der Waals surface area contributed by atoms with Gasteiger partial charge in [-0.3, -0.25) is 5.48 Å². The highest BCUT2D eigenvalue weighted by Gasteiger charge is 2.41. The Morgan fingerprint density at radius 1 is 0.714 bits per heavy atom. The van der Waals surface area contributed by atoms with Crippen molar-refractivity contribution in [2.24, 2.45) is 0 Å². The lowest BCUT2D eigenvalue weighted by molar-refractivity contribution is 0.123. The van der Waals surface area contributed by atoms with Crippen molar-refractivity contribution in [3.63, 3.8) is 0 Å². The minimum atomic E-state index is -3.96. The second kappa shape index (κ2) is 10.8. The average Bonchev–Trinajstić information content (AvgIpc) is 2.84. The molecule has 0 amide bonds. The van der Waals surface area contributed by atoms with E-state index in [-0.39, 0.29) is 5.88 Å². The van der Waals surface area contributed by atoms with E-state index in [9.17, 15) is 4.57 Å². The molecule has 1 aromatic heterocycles. The van der Waals surface area contributed by atoms with Gasteiger partial charge in [0.2, 0.25) is 11.8 Å². The highest BCUT2D eigenvalue weighted by Crippen LogP contribution is 2.63. The van der Waals surface area contributed by atoms with Gasteiger partial charge in [0, 0.05) is 12.1 Å². The van der Waals surface area contributed by atoms with Crippen molar-refractivity contribution in [3.05, 3.63) is 120 Å². The Bertz CT molecular complexity index is 1220. The second-order valence-corrected chi connectivity index (χ2v) is 10.9. The van der Waals surface area contributed by atoms with E-state index in [1.165, 1.54) is 0 Å². The molecule has 4 rings (SSSR count). The predicted octanol–water partition coefficient (Wildman–Crippen LogP) is 7.66. The van der Waals surface area contributed by atoms with Gasteiger partial charge in [-0.25, -0.2) is 4.57 Å². The fourth-order valence-electron chi connectivity index (χ4n) is 3.52. The topological polar surface area (TPSA) is 69.7 Å². The Morgan fingerprint density at radius 2 is 1.23 bits per heavy atom. The monoisotopic (exact) mass is 488 g/mol. The van der Waals surface area contributed by atoms with Crippen LogP contribution < -0.4 is 14.7 Å². The van der Waals surface area contributed by atoms with Gasteiger partial charge in [-0.15, -0.1) is 0 Å². The fraction of sp³-hybridized carbons (Fsp3) is 0.179. The standard InChI is InChI=1S/C28H29N2O4P/c1-28(2,3)32-25-20-13-21-26(29-25)33-35(31,34-30-24-18-11-6-12-19-24)27(22-14-7-4-8-15-22)23-16-9-5-10-17-23/h4-21,27,30H,1-3H3. The largest absolute Gasteiger partial charge is 0.472 e. The van der Waals surface area contributed by atoms with Crippen molar-refractivity contribution in [3.8, 4) is 11.8 Å². The molecule has 0 saturated heterocycles. The Morgan fingerprint density at radius 3 is 1.77 bits per heavy atom. The van der Waals surface area contributed by atoms with Crippen molar-refractivity contribution in [1.29, 1.82) is 0 Å². The van der Waals surface area contributed by atoms with Crippen molar-refractivity contribution < 1.29 is 18.5 Å². The first-order chi connectivity index (χ1) is 16.8. The van der Waals surface area contributed by atoms with Gasteiger partial charge in [-0.2, -0.15) is 9.61 Å². The maximum absolute atomic E-state index is 14.7. The Balaban J connectivity index is 1.76. The normalized spacial score (nSPS) is 13.1. The zero-order valence-corrected chi connectivity index (χ0v) is 20.9. The van der Waals surface area contributed by atoms with Crippen molar-refractivity contribution in [2.45, 2.75) is 32.0 Å². The number of nitrogens with zero attached hydrogens (tertiary/aromatic N) is 1. The minimum absolute atomic E-state index is 0.141. The van der Waals surface area contributed by atoms with E-state index in [2.05, 4.69) is 10.5 Å². The molecule has 0 aliphatic rings. The number of ether oxygens (including phenoxy) is 1. The lowest BCUT2D eigenvalue weighted by Gasteiger charge is -2.28. The van der Waals surface area contributed by atoms with E-state index in [1.54, 1.807) is 18.2 Å². The van der Waals surface area contributed by atoms with E-state index in [4.69, 9.17) is 13.9 Å². The first-order valence-corrected chi connectivity index (χ1v) is 13.0. The molecule has 0 radical (unpaired) electrons. The Kier molecular flexibility index (Phi) is 7.54. The molecule has 1 N–H and O–H groups in total. The van der Waals surface area contributed by atoms with Crippen LogP contribution in [0.1, 0.15) is 37.6 Å². The summed E-state index contributed by atoms with van der Waals surface area (Å²) in [6, 6.07) is 33.4. The van der Waals surface area contributed by atoms with Gasteiger partial charge in [-0.05, 0) is 44.0 Å². The Labute approximate surface area is 206 Å². The summed E-state index contributed by atoms with van der Waals surface area (Å²) in [6.07, 6.45) is 0. The summed E-state index contributed by atoms with van der Waals surface area (Å²) in [5, 5.41) is 0. The summed E-state index contributed by atoms with van der Waals surface area (Å²) in [7, 11) is -3.96. The van der Waals surface area contributed by atoms with Crippen LogP contribution in [0.2, 0.25) is 0 Å². The summed E-state index contributed by atoms with van der Waals surface area (Å²) in [5.74, 6) is 0.510. The number of para-hydroxylation sites is 1. The van der Waals surface area contributed by atoms with E-state index >= 15 is 0 Å². The van der Waals surface area contributed by atoms with Crippen molar-refractivity contribution in [2.75, 3.05) is 5.48 Å². The van der Waals surface area contributed by atoms with Gasteiger partial charge in [0.1, 0.15) is 11.3 Å². The van der Waals surface area contributed by atoms with Crippen molar-refractivity contribution in [1.82, 2.24) is 4.98 Å². The number of anilines is 1. The SMILES string of the molecule is CC(C)(C)Oc1cccc(OP(=O)(ONc2ccccc2)C(c2ccccc2)c2ccccc2)n1. The van der Waals surface area contributed by atoms with Gasteiger partial charge in [0.05, 0.1) is 5.69 Å². The molecule has 0 bridgehead atoms. The molecule has 180 valence electrons. The third-order valence-electron chi connectivity index (χ3n) is 4.94. The molecule has 0 saturated carbocycles. The third-order valence-corrected chi connectivity index (χ3v) is 6.96. The summed E-state index contributed by atoms with van der Waals surface area (Å²) in [5.41, 5.74) is 3.90. The third kappa shape index (κ3) is 6.72. The fourth-order valence-corrected chi connectivity index (χ4v) is 5.44. The van der Waals surface area contributed by atoms with Crippen LogP contribution in [0.25, 0.3) is 0 Å². The molecule has 0 spiro atoms. The van der Waals surface area contributed by atoms with Crippen LogP contribution in [-0.2, 0) is 9.19 Å². The van der Waals surface area contributed by atoms with Gasteiger partial charge < -0.3 is 9.26 Å². The van der Waals surface area contributed by atoms with E-state index in [0.717, 1.165) is 11.1 Å². The number of pyridine rings is 1. The van der Waals surface area contributed by atoms with Crippen LogP contribution in [0.3, 0.4) is 0 Å². The maximum Gasteiger partial charge on any atom is 0.413 e. The number of aromatic nitrogens is 1. The molecule has 0 aliphatic heterocycles. The van der Waals surface area contributed by atoms with Crippen LogP contribution in [-0.4, -0.2) is 10.6 Å². The Hall–Kier alpha value is -3.60. The van der Waals surface area contributed by atoms with Crippen LogP contribution in [0.4, 0.5) is 5.69 Å². The summed E-state index contributed by atoms with van der Waals surface area (Å²) in [6.45, 7) is 5.79. The number of benzene rings is 3. The van der Waals surface area contributed by atoms with Crippen LogP contribution in [0, 0.1) is 0 Å².